The molecule has 0 aromatic heterocycles. The van der Waals surface area contributed by atoms with Crippen LogP contribution < -0.4 is 0 Å². The van der Waals surface area contributed by atoms with Crippen LogP contribution in [0.2, 0.25) is 0 Å². The Morgan fingerprint density at radius 3 is 2.69 bits per heavy atom. The Bertz CT molecular complexity index is 136. The van der Waals surface area contributed by atoms with Crippen molar-refractivity contribution in [3.8, 4) is 0 Å². The minimum atomic E-state index is 0.870. The fourth-order valence-corrected chi connectivity index (χ4v) is 2.28. The first-order valence-electron chi connectivity index (χ1n) is 5.57. The molecule has 78 valence electrons. The molecule has 0 radical (unpaired) electrons. The van der Waals surface area contributed by atoms with E-state index in [1.54, 1.807) is 0 Å². The predicted octanol–water partition coefficient (Wildman–Crippen LogP) is 2.67. The first-order chi connectivity index (χ1) is 6.24. The molecular formula is C11H23NS. The van der Waals surface area contributed by atoms with Crippen molar-refractivity contribution in [3.05, 3.63) is 0 Å². The molecule has 1 aliphatic heterocycles. The Labute approximate surface area is 88.3 Å². The van der Waals surface area contributed by atoms with Crippen LogP contribution in [0.25, 0.3) is 0 Å². The molecule has 0 aliphatic carbocycles. The highest BCUT2D eigenvalue weighted by Gasteiger charge is 2.23. The second-order valence-corrected chi connectivity index (χ2v) is 4.97. The lowest BCUT2D eigenvalue weighted by Gasteiger charge is -2.17. The van der Waals surface area contributed by atoms with Crippen LogP contribution in [-0.4, -0.2) is 30.3 Å². The number of hydrogen-bond donors (Lipinski definition) is 1. The molecule has 0 bridgehead atoms. The Kier molecular flexibility index (Phi) is 5.18. The van der Waals surface area contributed by atoms with E-state index in [0.717, 1.165) is 17.6 Å². The highest BCUT2D eigenvalue weighted by molar-refractivity contribution is 7.80. The van der Waals surface area contributed by atoms with Gasteiger partial charge < -0.3 is 4.90 Å². The molecule has 0 aromatic rings. The molecule has 1 nitrogen and oxygen atoms in total. The maximum absolute atomic E-state index is 4.23. The lowest BCUT2D eigenvalue weighted by Crippen LogP contribution is -2.23. The lowest BCUT2D eigenvalue weighted by atomic mass is 9.95. The summed E-state index contributed by atoms with van der Waals surface area (Å²) in [4.78, 5) is 2.62. The molecule has 0 N–H and O–H groups in total. The van der Waals surface area contributed by atoms with E-state index in [1.807, 2.05) is 0 Å². The van der Waals surface area contributed by atoms with Crippen molar-refractivity contribution in [2.45, 2.75) is 33.1 Å². The largest absolute Gasteiger partial charge is 0.303 e. The van der Waals surface area contributed by atoms with Crippen molar-refractivity contribution in [2.75, 3.05) is 25.4 Å². The van der Waals surface area contributed by atoms with Gasteiger partial charge in [0, 0.05) is 6.54 Å². The van der Waals surface area contributed by atoms with Gasteiger partial charge in [0.15, 0.2) is 0 Å². The molecule has 1 rings (SSSR count). The number of thiol groups is 1. The average Bonchev–Trinajstić information content (AvgIpc) is 2.53. The van der Waals surface area contributed by atoms with Gasteiger partial charge in [-0.3, -0.25) is 0 Å². The molecule has 0 amide bonds. The van der Waals surface area contributed by atoms with Crippen molar-refractivity contribution >= 4 is 12.6 Å². The van der Waals surface area contributed by atoms with E-state index in [2.05, 4.69) is 31.4 Å². The van der Waals surface area contributed by atoms with Crippen LogP contribution in [0.1, 0.15) is 33.1 Å². The first kappa shape index (κ1) is 11.4. The van der Waals surface area contributed by atoms with Crippen LogP contribution >= 0.6 is 12.6 Å². The summed E-state index contributed by atoms with van der Waals surface area (Å²) >= 11 is 4.23. The van der Waals surface area contributed by atoms with E-state index >= 15 is 0 Å². The van der Waals surface area contributed by atoms with Crippen LogP contribution in [-0.2, 0) is 0 Å². The first-order valence-corrected chi connectivity index (χ1v) is 6.20. The summed E-state index contributed by atoms with van der Waals surface area (Å²) in [5.74, 6) is 2.87. The van der Waals surface area contributed by atoms with Crippen LogP contribution in [0.3, 0.4) is 0 Å². The van der Waals surface area contributed by atoms with Gasteiger partial charge in [-0.25, -0.2) is 0 Å². The topological polar surface area (TPSA) is 3.24 Å². The zero-order valence-corrected chi connectivity index (χ0v) is 9.89. The van der Waals surface area contributed by atoms with E-state index in [4.69, 9.17) is 0 Å². The van der Waals surface area contributed by atoms with Crippen LogP contribution in [0.5, 0.6) is 0 Å². The van der Waals surface area contributed by atoms with Gasteiger partial charge in [-0.15, -0.1) is 0 Å². The molecule has 13 heavy (non-hydrogen) atoms. The summed E-state index contributed by atoms with van der Waals surface area (Å²) in [6.07, 6.45) is 4.01. The third kappa shape index (κ3) is 3.90. The van der Waals surface area contributed by atoms with E-state index in [-0.39, 0.29) is 0 Å². The highest BCUT2D eigenvalue weighted by atomic mass is 32.1. The minimum absolute atomic E-state index is 0.870. The predicted molar refractivity (Wildman–Crippen MR) is 62.5 cm³/mol. The molecule has 1 heterocycles. The smallest absolute Gasteiger partial charge is 0.00126 e. The van der Waals surface area contributed by atoms with Crippen LogP contribution in [0.4, 0.5) is 0 Å². The van der Waals surface area contributed by atoms with Gasteiger partial charge in [-0.1, -0.05) is 13.8 Å². The van der Waals surface area contributed by atoms with Crippen LogP contribution in [0, 0.1) is 11.8 Å². The van der Waals surface area contributed by atoms with Crippen molar-refractivity contribution in [1.29, 1.82) is 0 Å². The maximum Gasteiger partial charge on any atom is 0.00126 e. The number of likely N-dealkylation sites (tertiary alicyclic amines) is 1. The van der Waals surface area contributed by atoms with Crippen molar-refractivity contribution in [2.24, 2.45) is 11.8 Å². The molecule has 1 atom stereocenters. The number of nitrogens with zero attached hydrogens (tertiary/aromatic N) is 1. The van der Waals surface area contributed by atoms with Crippen molar-refractivity contribution < 1.29 is 0 Å². The Hall–Kier alpha value is 0.310. The van der Waals surface area contributed by atoms with Crippen LogP contribution in [0.15, 0.2) is 0 Å². The molecule has 2 heteroatoms. The summed E-state index contributed by atoms with van der Waals surface area (Å²) in [7, 11) is 0. The molecule has 0 aromatic carbocycles. The van der Waals surface area contributed by atoms with E-state index < -0.39 is 0 Å². The minimum Gasteiger partial charge on any atom is -0.303 e. The van der Waals surface area contributed by atoms with Gasteiger partial charge in [-0.05, 0) is 49.9 Å². The zero-order chi connectivity index (χ0) is 9.68. The second-order valence-electron chi connectivity index (χ2n) is 4.52. The number of hydrogen-bond acceptors (Lipinski definition) is 2. The van der Waals surface area contributed by atoms with Gasteiger partial charge in [-0.2, -0.15) is 12.6 Å². The molecule has 1 fully saturated rings. The number of unbranched alkanes of at least 4 members (excludes halogenated alkanes) is 1. The monoisotopic (exact) mass is 201 g/mol. The van der Waals surface area contributed by atoms with Gasteiger partial charge in [0.25, 0.3) is 0 Å². The Balaban J connectivity index is 2.10. The number of rotatable bonds is 5. The van der Waals surface area contributed by atoms with Gasteiger partial charge >= 0.3 is 0 Å². The molecule has 1 aliphatic rings. The fourth-order valence-electron chi connectivity index (χ4n) is 2.06. The molecule has 0 saturated carbocycles. The summed E-state index contributed by atoms with van der Waals surface area (Å²) in [5.41, 5.74) is 0. The molecule has 0 spiro atoms. The third-order valence-corrected chi connectivity index (χ3v) is 3.45. The normalized spacial score (nSPS) is 24.5. The molecular weight excluding hydrogens is 178 g/mol. The van der Waals surface area contributed by atoms with Crippen molar-refractivity contribution in [3.63, 3.8) is 0 Å². The zero-order valence-electron chi connectivity index (χ0n) is 9.00. The standard InChI is InChI=1S/C11H23NS/c1-10(2)11-5-7-12(9-11)6-3-4-8-13/h10-11,13H,3-9H2,1-2H3. The Morgan fingerprint density at radius 1 is 1.38 bits per heavy atom. The van der Waals surface area contributed by atoms with E-state index in [9.17, 15) is 0 Å². The summed E-state index contributed by atoms with van der Waals surface area (Å²) in [6.45, 7) is 8.66. The second kappa shape index (κ2) is 5.92. The quantitative estimate of drug-likeness (QED) is 0.529. The summed E-state index contributed by atoms with van der Waals surface area (Å²) in [5, 5.41) is 0. The lowest BCUT2D eigenvalue weighted by molar-refractivity contribution is 0.299. The maximum atomic E-state index is 4.23. The fraction of sp³-hybridized carbons (Fsp3) is 1.00. The Morgan fingerprint density at radius 2 is 2.15 bits per heavy atom. The van der Waals surface area contributed by atoms with Gasteiger partial charge in [0.05, 0.1) is 0 Å². The van der Waals surface area contributed by atoms with Gasteiger partial charge in [0.1, 0.15) is 0 Å². The van der Waals surface area contributed by atoms with Crippen molar-refractivity contribution in [1.82, 2.24) is 4.90 Å². The van der Waals surface area contributed by atoms with E-state index in [1.165, 1.54) is 38.9 Å². The molecule has 1 saturated heterocycles. The summed E-state index contributed by atoms with van der Waals surface area (Å²) < 4.78 is 0. The molecule has 1 unspecified atom stereocenters. The van der Waals surface area contributed by atoms with E-state index in [0.29, 0.717) is 0 Å². The SMILES string of the molecule is CC(C)C1CCN(CCCCS)C1. The highest BCUT2D eigenvalue weighted by Crippen LogP contribution is 2.23. The average molecular weight is 201 g/mol. The summed E-state index contributed by atoms with van der Waals surface area (Å²) in [6, 6.07) is 0. The van der Waals surface area contributed by atoms with Gasteiger partial charge in [0.2, 0.25) is 0 Å². The third-order valence-electron chi connectivity index (χ3n) is 3.13.